The second-order valence-corrected chi connectivity index (χ2v) is 10.7. The number of anilines is 1. The van der Waals surface area contributed by atoms with Crippen LogP contribution in [0.2, 0.25) is 0 Å². The summed E-state index contributed by atoms with van der Waals surface area (Å²) in [6.07, 6.45) is 6.36. The van der Waals surface area contributed by atoms with Gasteiger partial charge < -0.3 is 15.3 Å². The molecule has 7 heteroatoms. The van der Waals surface area contributed by atoms with Gasteiger partial charge in [0.2, 0.25) is 0 Å². The maximum atomic E-state index is 13.5. The molecule has 2 aliphatic rings. The van der Waals surface area contributed by atoms with E-state index in [2.05, 4.69) is 44.1 Å². The minimum Gasteiger partial charge on any atom is -0.506 e. The summed E-state index contributed by atoms with van der Waals surface area (Å²) >= 11 is 8.36. The third kappa shape index (κ3) is 4.58. The van der Waals surface area contributed by atoms with Crippen LogP contribution in [0, 0.1) is 5.92 Å². The summed E-state index contributed by atoms with van der Waals surface area (Å²) in [5, 5.41) is 14.0. The number of benzene rings is 2. The molecule has 1 heterocycles. The number of halogens is 2. The normalized spacial score (nSPS) is 25.7. The number of para-hydroxylation sites is 1. The highest BCUT2D eigenvalue weighted by molar-refractivity contribution is 9.11. The number of thioether (sulfide) groups is 1. The molecule has 2 aromatic carbocycles. The Morgan fingerprint density at radius 1 is 1.17 bits per heavy atom. The molecule has 2 N–H and O–H groups in total. The van der Waals surface area contributed by atoms with Gasteiger partial charge in [0.25, 0.3) is 5.91 Å². The van der Waals surface area contributed by atoms with Crippen LogP contribution < -0.4 is 5.32 Å². The first-order chi connectivity index (χ1) is 14.4. The lowest BCUT2D eigenvalue weighted by Crippen LogP contribution is -2.48. The zero-order valence-corrected chi connectivity index (χ0v) is 20.6. The summed E-state index contributed by atoms with van der Waals surface area (Å²) in [4.78, 5) is 16.2. The Morgan fingerprint density at radius 3 is 2.63 bits per heavy atom. The molecule has 1 saturated carbocycles. The second kappa shape index (κ2) is 9.37. The van der Waals surface area contributed by atoms with Gasteiger partial charge in [-0.3, -0.25) is 4.79 Å². The number of carbonyl (C=O) groups excluding carboxylic acids is 1. The van der Waals surface area contributed by atoms with Crippen LogP contribution in [0.4, 0.5) is 5.69 Å². The van der Waals surface area contributed by atoms with E-state index < -0.39 is 0 Å². The van der Waals surface area contributed by atoms with E-state index in [0.717, 1.165) is 29.4 Å². The molecule has 30 heavy (non-hydrogen) atoms. The maximum Gasteiger partial charge on any atom is 0.262 e. The molecule has 3 atom stereocenters. The number of carbonyl (C=O) groups is 1. The molecular weight excluding hydrogens is 528 g/mol. The topological polar surface area (TPSA) is 52.6 Å². The molecule has 1 saturated heterocycles. The quantitative estimate of drug-likeness (QED) is 0.410. The molecule has 4 rings (SSSR count). The maximum absolute atomic E-state index is 13.5. The SMILES string of the molecule is C[C@@H]1CCCC[C@@H]1N1C(=O)/C(=C/c2cc(Br)cc(Br)c2O)SC1Nc1ccccc1. The average Bonchev–Trinajstić information content (AvgIpc) is 3.02. The summed E-state index contributed by atoms with van der Waals surface area (Å²) in [5.41, 5.74) is 1.43. The predicted molar refractivity (Wildman–Crippen MR) is 131 cm³/mol. The molecule has 2 aromatic rings. The first kappa shape index (κ1) is 21.8. The first-order valence-electron chi connectivity index (χ1n) is 10.1. The smallest absolute Gasteiger partial charge is 0.262 e. The number of rotatable bonds is 4. The molecule has 0 aromatic heterocycles. The first-order valence-corrected chi connectivity index (χ1v) is 12.6. The van der Waals surface area contributed by atoms with Crippen molar-refractivity contribution < 1.29 is 9.90 Å². The summed E-state index contributed by atoms with van der Waals surface area (Å²) in [6, 6.07) is 13.8. The lowest BCUT2D eigenvalue weighted by atomic mass is 9.85. The van der Waals surface area contributed by atoms with E-state index >= 15 is 0 Å². The Morgan fingerprint density at radius 2 is 1.90 bits per heavy atom. The summed E-state index contributed by atoms with van der Waals surface area (Å²) < 4.78 is 1.43. The molecule has 0 bridgehead atoms. The van der Waals surface area contributed by atoms with Gasteiger partial charge >= 0.3 is 0 Å². The highest BCUT2D eigenvalue weighted by Gasteiger charge is 2.43. The molecule has 1 aliphatic heterocycles. The van der Waals surface area contributed by atoms with Crippen LogP contribution in [0.25, 0.3) is 6.08 Å². The van der Waals surface area contributed by atoms with E-state index in [1.165, 1.54) is 18.2 Å². The van der Waals surface area contributed by atoms with Gasteiger partial charge in [0.05, 0.1) is 9.38 Å². The molecule has 2 fully saturated rings. The third-order valence-corrected chi connectivity index (χ3v) is 7.95. The summed E-state index contributed by atoms with van der Waals surface area (Å²) in [5.74, 6) is 0.634. The van der Waals surface area contributed by atoms with Gasteiger partial charge in [-0.1, -0.05) is 65.7 Å². The number of nitrogens with one attached hydrogen (secondary N) is 1. The fourth-order valence-corrected chi connectivity index (χ4v) is 6.67. The van der Waals surface area contributed by atoms with Crippen LogP contribution in [0.1, 0.15) is 38.2 Å². The molecule has 1 unspecified atom stereocenters. The Bertz CT molecular complexity index is 967. The summed E-state index contributed by atoms with van der Waals surface area (Å²) in [7, 11) is 0. The van der Waals surface area contributed by atoms with Crippen molar-refractivity contribution in [1.29, 1.82) is 0 Å². The lowest BCUT2D eigenvalue weighted by molar-refractivity contribution is -0.129. The van der Waals surface area contributed by atoms with Crippen LogP contribution in [-0.2, 0) is 4.79 Å². The zero-order valence-electron chi connectivity index (χ0n) is 16.6. The number of phenolic OH excluding ortho intramolecular Hbond substituents is 1. The van der Waals surface area contributed by atoms with E-state index in [0.29, 0.717) is 20.9 Å². The predicted octanol–water partition coefficient (Wildman–Crippen LogP) is 6.81. The molecule has 1 aliphatic carbocycles. The van der Waals surface area contributed by atoms with Crippen LogP contribution in [0.5, 0.6) is 5.75 Å². The fourth-order valence-electron chi connectivity index (χ4n) is 4.20. The van der Waals surface area contributed by atoms with E-state index in [1.54, 1.807) is 12.1 Å². The van der Waals surface area contributed by atoms with E-state index in [4.69, 9.17) is 0 Å². The number of amides is 1. The minimum atomic E-state index is -0.172. The molecule has 158 valence electrons. The fraction of sp³-hybridized carbons (Fsp3) is 0.348. The van der Waals surface area contributed by atoms with Crippen molar-refractivity contribution in [3.05, 3.63) is 61.9 Å². The van der Waals surface area contributed by atoms with Gasteiger partial charge in [0, 0.05) is 21.8 Å². The van der Waals surface area contributed by atoms with E-state index in [-0.39, 0.29) is 23.2 Å². The van der Waals surface area contributed by atoms with Crippen molar-refractivity contribution in [2.75, 3.05) is 5.32 Å². The van der Waals surface area contributed by atoms with Gasteiger partial charge in [-0.15, -0.1) is 0 Å². The minimum absolute atomic E-state index is 0.0303. The summed E-state index contributed by atoms with van der Waals surface area (Å²) in [6.45, 7) is 2.25. The van der Waals surface area contributed by atoms with Gasteiger partial charge in [-0.05, 0) is 65.0 Å². The van der Waals surface area contributed by atoms with Crippen LogP contribution in [0.15, 0.2) is 56.3 Å². The number of phenols is 1. The number of nitrogens with zero attached hydrogens (tertiary/aromatic N) is 1. The average molecular weight is 552 g/mol. The van der Waals surface area contributed by atoms with E-state index in [9.17, 15) is 9.90 Å². The highest BCUT2D eigenvalue weighted by Crippen LogP contribution is 2.43. The van der Waals surface area contributed by atoms with Gasteiger partial charge in [0.15, 0.2) is 5.50 Å². The van der Waals surface area contributed by atoms with Crippen LogP contribution in [-0.4, -0.2) is 27.5 Å². The third-order valence-electron chi connectivity index (χ3n) is 5.77. The molecule has 0 spiro atoms. The molecule has 4 nitrogen and oxygen atoms in total. The molecule has 0 radical (unpaired) electrons. The Kier molecular flexibility index (Phi) is 6.80. The van der Waals surface area contributed by atoms with Crippen molar-refractivity contribution in [1.82, 2.24) is 4.90 Å². The van der Waals surface area contributed by atoms with E-state index in [1.807, 2.05) is 41.3 Å². The van der Waals surface area contributed by atoms with Crippen molar-refractivity contribution in [3.63, 3.8) is 0 Å². The van der Waals surface area contributed by atoms with Crippen LogP contribution >= 0.6 is 43.6 Å². The zero-order chi connectivity index (χ0) is 21.3. The standard InChI is InChI=1S/C23H24Br2N2O2S/c1-14-7-5-6-10-19(14)27-22(29)20(12-15-11-16(24)13-18(25)21(15)28)30-23(27)26-17-8-3-2-4-9-17/h2-4,8-9,11-14,19,23,26,28H,5-7,10H2,1H3/b20-12-/t14-,19+,23?/m1/s1. The van der Waals surface area contributed by atoms with Gasteiger partial charge in [-0.25, -0.2) is 0 Å². The van der Waals surface area contributed by atoms with Crippen molar-refractivity contribution in [2.24, 2.45) is 5.92 Å². The highest BCUT2D eigenvalue weighted by atomic mass is 79.9. The number of hydrogen-bond acceptors (Lipinski definition) is 4. The van der Waals surface area contributed by atoms with Gasteiger partial charge in [-0.2, -0.15) is 0 Å². The number of hydrogen-bond donors (Lipinski definition) is 2. The largest absolute Gasteiger partial charge is 0.506 e. The lowest BCUT2D eigenvalue weighted by Gasteiger charge is -2.39. The van der Waals surface area contributed by atoms with Crippen LogP contribution in [0.3, 0.4) is 0 Å². The Balaban J connectivity index is 1.69. The Hall–Kier alpha value is -1.44. The second-order valence-electron chi connectivity index (χ2n) is 7.86. The van der Waals surface area contributed by atoms with Crippen molar-refractivity contribution in [3.8, 4) is 5.75 Å². The Labute approximate surface area is 198 Å². The molecule has 1 amide bonds. The number of aromatic hydroxyl groups is 1. The van der Waals surface area contributed by atoms with Crippen molar-refractivity contribution >= 4 is 61.3 Å². The monoisotopic (exact) mass is 550 g/mol. The molecular formula is C23H24Br2N2O2S. The van der Waals surface area contributed by atoms with Gasteiger partial charge in [0.1, 0.15) is 5.75 Å². The van der Waals surface area contributed by atoms with Crippen molar-refractivity contribution in [2.45, 2.75) is 44.1 Å².